The first-order valence-electron chi connectivity index (χ1n) is 8.68. The number of benzene rings is 2. The van der Waals surface area contributed by atoms with E-state index < -0.39 is 0 Å². The number of anilines is 1. The number of halogens is 2. The van der Waals surface area contributed by atoms with Gasteiger partial charge in [0.2, 0.25) is 5.91 Å². The van der Waals surface area contributed by atoms with E-state index in [0.717, 1.165) is 25.3 Å². The van der Waals surface area contributed by atoms with Gasteiger partial charge >= 0.3 is 0 Å². The molecule has 0 aliphatic carbocycles. The second-order valence-electron chi connectivity index (χ2n) is 6.58. The van der Waals surface area contributed by atoms with Crippen LogP contribution in [0.25, 0.3) is 0 Å². The molecule has 1 heterocycles. The van der Waals surface area contributed by atoms with Crippen molar-refractivity contribution in [2.75, 3.05) is 31.5 Å². The Morgan fingerprint density at radius 1 is 1.15 bits per heavy atom. The predicted molar refractivity (Wildman–Crippen MR) is 110 cm³/mol. The van der Waals surface area contributed by atoms with Crippen LogP contribution in [0.3, 0.4) is 0 Å². The lowest BCUT2D eigenvalue weighted by molar-refractivity contribution is -0.116. The topological polar surface area (TPSA) is 58.4 Å². The molecule has 1 fully saturated rings. The van der Waals surface area contributed by atoms with E-state index in [-0.39, 0.29) is 18.3 Å². The van der Waals surface area contributed by atoms with Gasteiger partial charge < -0.3 is 16.0 Å². The van der Waals surface area contributed by atoms with Crippen LogP contribution < -0.4 is 11.1 Å². The van der Waals surface area contributed by atoms with Gasteiger partial charge in [-0.1, -0.05) is 48.0 Å². The fourth-order valence-corrected chi connectivity index (χ4v) is 3.70. The van der Waals surface area contributed by atoms with E-state index in [1.165, 1.54) is 5.56 Å². The molecule has 1 aliphatic heterocycles. The van der Waals surface area contributed by atoms with Gasteiger partial charge in [-0.25, -0.2) is 0 Å². The van der Waals surface area contributed by atoms with Crippen LogP contribution in [-0.4, -0.2) is 37.0 Å². The Balaban J connectivity index is 0.00000243. The van der Waals surface area contributed by atoms with Gasteiger partial charge in [-0.3, -0.25) is 4.79 Å². The lowest BCUT2D eigenvalue weighted by Gasteiger charge is -2.16. The van der Waals surface area contributed by atoms with Crippen molar-refractivity contribution in [1.82, 2.24) is 4.90 Å². The van der Waals surface area contributed by atoms with E-state index in [1.807, 2.05) is 18.2 Å². The molecule has 3 rings (SSSR count). The van der Waals surface area contributed by atoms with Gasteiger partial charge in [0.05, 0.1) is 0 Å². The van der Waals surface area contributed by atoms with Crippen LogP contribution >= 0.6 is 24.0 Å². The van der Waals surface area contributed by atoms with E-state index in [9.17, 15) is 4.79 Å². The number of likely N-dealkylation sites (tertiary alicyclic amines) is 1. The third kappa shape index (κ3) is 5.45. The Morgan fingerprint density at radius 2 is 1.92 bits per heavy atom. The highest BCUT2D eigenvalue weighted by Crippen LogP contribution is 2.31. The highest BCUT2D eigenvalue weighted by Gasteiger charge is 2.32. The molecule has 1 aliphatic rings. The highest BCUT2D eigenvalue weighted by atomic mass is 35.5. The molecule has 0 saturated carbocycles. The number of carbonyl (C=O) groups is 1. The second kappa shape index (κ2) is 9.93. The molecule has 4 nitrogen and oxygen atoms in total. The fourth-order valence-electron chi connectivity index (χ4n) is 3.51. The highest BCUT2D eigenvalue weighted by molar-refractivity contribution is 6.30. The summed E-state index contributed by atoms with van der Waals surface area (Å²) in [7, 11) is 0. The van der Waals surface area contributed by atoms with Crippen molar-refractivity contribution in [2.24, 2.45) is 11.7 Å². The van der Waals surface area contributed by atoms with Crippen LogP contribution in [0.15, 0.2) is 54.6 Å². The molecule has 2 aromatic carbocycles. The first kappa shape index (κ1) is 20.7. The van der Waals surface area contributed by atoms with E-state index >= 15 is 0 Å². The van der Waals surface area contributed by atoms with E-state index in [2.05, 4.69) is 34.5 Å². The van der Waals surface area contributed by atoms with Gasteiger partial charge in [-0.15, -0.1) is 12.4 Å². The Morgan fingerprint density at radius 3 is 2.62 bits per heavy atom. The van der Waals surface area contributed by atoms with Crippen LogP contribution in [0.5, 0.6) is 0 Å². The minimum absolute atomic E-state index is 0. The van der Waals surface area contributed by atoms with Crippen LogP contribution in [-0.2, 0) is 4.79 Å². The summed E-state index contributed by atoms with van der Waals surface area (Å²) < 4.78 is 0. The maximum absolute atomic E-state index is 12.2. The SMILES string of the molecule is Cl.NC[C@@H]1CN(CCC(=O)Nc2cccc(Cl)c2)C[C@H]1c1ccccc1. The molecule has 140 valence electrons. The minimum Gasteiger partial charge on any atom is -0.330 e. The van der Waals surface area contributed by atoms with E-state index in [0.29, 0.717) is 29.8 Å². The summed E-state index contributed by atoms with van der Waals surface area (Å²) in [5, 5.41) is 3.52. The zero-order valence-electron chi connectivity index (χ0n) is 14.6. The molecule has 0 radical (unpaired) electrons. The molecule has 0 spiro atoms. The van der Waals surface area contributed by atoms with Crippen LogP contribution in [0.2, 0.25) is 5.02 Å². The molecule has 2 atom stereocenters. The number of nitrogens with one attached hydrogen (secondary N) is 1. The lowest BCUT2D eigenvalue weighted by Crippen LogP contribution is -2.27. The molecule has 0 unspecified atom stereocenters. The number of nitrogens with two attached hydrogens (primary N) is 1. The maximum atomic E-state index is 12.2. The molecule has 3 N–H and O–H groups in total. The van der Waals surface area contributed by atoms with Crippen LogP contribution in [0.4, 0.5) is 5.69 Å². The van der Waals surface area contributed by atoms with Gasteiger partial charge in [0.25, 0.3) is 0 Å². The number of nitrogens with zero attached hydrogens (tertiary/aromatic N) is 1. The summed E-state index contributed by atoms with van der Waals surface area (Å²) in [5.74, 6) is 0.898. The zero-order chi connectivity index (χ0) is 17.6. The standard InChI is InChI=1S/C20H24ClN3O.ClH/c21-17-7-4-8-18(11-17)23-20(25)9-10-24-13-16(12-22)19(14-24)15-5-2-1-3-6-15;/h1-8,11,16,19H,9-10,12-14,22H2,(H,23,25);1H/t16-,19+;/m1./s1. The molecule has 0 aromatic heterocycles. The van der Waals surface area contributed by atoms with Gasteiger partial charge in [0.15, 0.2) is 0 Å². The summed E-state index contributed by atoms with van der Waals surface area (Å²) in [6.07, 6.45) is 0.464. The van der Waals surface area contributed by atoms with Gasteiger partial charge in [-0.2, -0.15) is 0 Å². The number of amides is 1. The predicted octanol–water partition coefficient (Wildman–Crippen LogP) is 3.76. The molecular formula is C20H25Cl2N3O. The van der Waals surface area contributed by atoms with Crippen molar-refractivity contribution < 1.29 is 4.79 Å². The van der Waals surface area contributed by atoms with E-state index in [1.54, 1.807) is 12.1 Å². The Kier molecular flexibility index (Phi) is 7.91. The average Bonchev–Trinajstić information content (AvgIpc) is 3.04. The van der Waals surface area contributed by atoms with Crippen molar-refractivity contribution in [3.8, 4) is 0 Å². The first-order valence-corrected chi connectivity index (χ1v) is 9.06. The molecule has 6 heteroatoms. The molecular weight excluding hydrogens is 369 g/mol. The monoisotopic (exact) mass is 393 g/mol. The number of rotatable bonds is 6. The Hall–Kier alpha value is -1.59. The zero-order valence-corrected chi connectivity index (χ0v) is 16.2. The van der Waals surface area contributed by atoms with Gasteiger partial charge in [0, 0.05) is 42.7 Å². The average molecular weight is 394 g/mol. The van der Waals surface area contributed by atoms with E-state index in [4.69, 9.17) is 17.3 Å². The molecule has 1 amide bonds. The third-order valence-corrected chi connectivity index (χ3v) is 5.05. The number of hydrogen-bond donors (Lipinski definition) is 2. The summed E-state index contributed by atoms with van der Waals surface area (Å²) in [5.41, 5.74) is 8.05. The van der Waals surface area contributed by atoms with Crippen molar-refractivity contribution in [3.63, 3.8) is 0 Å². The molecule has 0 bridgehead atoms. The van der Waals surface area contributed by atoms with Crippen molar-refractivity contribution in [3.05, 3.63) is 65.2 Å². The number of hydrogen-bond acceptors (Lipinski definition) is 3. The van der Waals surface area contributed by atoms with Gasteiger partial charge in [-0.05, 0) is 36.2 Å². The number of carbonyl (C=O) groups excluding carboxylic acids is 1. The fraction of sp³-hybridized carbons (Fsp3) is 0.350. The Labute approximate surface area is 166 Å². The van der Waals surface area contributed by atoms with Crippen molar-refractivity contribution in [2.45, 2.75) is 12.3 Å². The third-order valence-electron chi connectivity index (χ3n) is 4.81. The quantitative estimate of drug-likeness (QED) is 0.784. The summed E-state index contributed by atoms with van der Waals surface area (Å²) >= 11 is 5.94. The lowest BCUT2D eigenvalue weighted by atomic mass is 9.89. The largest absolute Gasteiger partial charge is 0.330 e. The van der Waals surface area contributed by atoms with Crippen LogP contribution in [0, 0.1) is 5.92 Å². The van der Waals surface area contributed by atoms with Crippen molar-refractivity contribution in [1.29, 1.82) is 0 Å². The van der Waals surface area contributed by atoms with Gasteiger partial charge in [0.1, 0.15) is 0 Å². The Bertz CT molecular complexity index is 711. The summed E-state index contributed by atoms with van der Waals surface area (Å²) in [6.45, 7) is 3.31. The molecule has 2 aromatic rings. The normalized spacial score (nSPS) is 19.8. The smallest absolute Gasteiger partial charge is 0.225 e. The summed E-state index contributed by atoms with van der Waals surface area (Å²) in [4.78, 5) is 14.5. The van der Waals surface area contributed by atoms with Crippen molar-refractivity contribution >= 4 is 35.6 Å². The first-order chi connectivity index (χ1) is 12.2. The van der Waals surface area contributed by atoms with Crippen LogP contribution in [0.1, 0.15) is 17.9 Å². The second-order valence-corrected chi connectivity index (χ2v) is 7.02. The molecule has 1 saturated heterocycles. The molecule has 26 heavy (non-hydrogen) atoms. The maximum Gasteiger partial charge on any atom is 0.225 e. The summed E-state index contributed by atoms with van der Waals surface area (Å²) in [6, 6.07) is 17.7. The minimum atomic E-state index is 0.